The van der Waals surface area contributed by atoms with Gasteiger partial charge >= 0.3 is 0 Å². The van der Waals surface area contributed by atoms with Crippen molar-refractivity contribution in [1.29, 1.82) is 5.26 Å². The van der Waals surface area contributed by atoms with Crippen molar-refractivity contribution in [1.82, 2.24) is 4.98 Å². The normalized spacial score (nSPS) is 30.9. The molecule has 0 radical (unpaired) electrons. The van der Waals surface area contributed by atoms with Crippen LogP contribution in [0.4, 0.5) is 5.69 Å². The monoisotopic (exact) mass is 242 g/mol. The Labute approximate surface area is 107 Å². The van der Waals surface area contributed by atoms with Gasteiger partial charge in [-0.2, -0.15) is 5.26 Å². The molecule has 0 aromatic carbocycles. The molecular formula is C14H18N4. The number of hydrogen-bond donors (Lipinski definition) is 1. The van der Waals surface area contributed by atoms with E-state index in [0.717, 1.165) is 25.2 Å². The number of fused-ring (bicyclic) bond motifs is 1. The second kappa shape index (κ2) is 4.58. The van der Waals surface area contributed by atoms with Crippen LogP contribution in [0.2, 0.25) is 0 Å². The molecule has 1 aliphatic carbocycles. The summed E-state index contributed by atoms with van der Waals surface area (Å²) in [7, 11) is 0. The van der Waals surface area contributed by atoms with Gasteiger partial charge in [0.05, 0.1) is 5.69 Å². The quantitative estimate of drug-likeness (QED) is 0.810. The molecule has 2 aliphatic rings. The summed E-state index contributed by atoms with van der Waals surface area (Å²) in [5.41, 5.74) is 7.73. The van der Waals surface area contributed by atoms with E-state index in [0.29, 0.717) is 23.6 Å². The Morgan fingerprint density at radius 1 is 1.39 bits per heavy atom. The molecule has 3 rings (SSSR count). The third-order valence-corrected chi connectivity index (χ3v) is 4.39. The van der Waals surface area contributed by atoms with Crippen molar-refractivity contribution < 1.29 is 0 Å². The van der Waals surface area contributed by atoms with E-state index in [1.807, 2.05) is 12.1 Å². The van der Waals surface area contributed by atoms with Gasteiger partial charge in [-0.25, -0.2) is 4.98 Å². The molecule has 3 unspecified atom stereocenters. The largest absolute Gasteiger partial charge is 0.369 e. The van der Waals surface area contributed by atoms with Gasteiger partial charge in [-0.3, -0.25) is 0 Å². The van der Waals surface area contributed by atoms with E-state index in [1.54, 1.807) is 6.20 Å². The first-order chi connectivity index (χ1) is 8.79. The fourth-order valence-electron chi connectivity index (χ4n) is 3.45. The van der Waals surface area contributed by atoms with Gasteiger partial charge in [-0.15, -0.1) is 0 Å². The molecule has 94 valence electrons. The summed E-state index contributed by atoms with van der Waals surface area (Å²) in [5.74, 6) is 1.28. The molecule has 1 aliphatic heterocycles. The highest BCUT2D eigenvalue weighted by molar-refractivity contribution is 5.56. The van der Waals surface area contributed by atoms with Crippen LogP contribution in [-0.2, 0) is 0 Å². The maximum Gasteiger partial charge on any atom is 0.163 e. The van der Waals surface area contributed by atoms with Crippen molar-refractivity contribution >= 4 is 5.69 Å². The fraction of sp³-hybridized carbons (Fsp3) is 0.571. The summed E-state index contributed by atoms with van der Waals surface area (Å²) in [6.07, 6.45) is 5.34. The first kappa shape index (κ1) is 11.5. The number of anilines is 1. The molecule has 4 nitrogen and oxygen atoms in total. The number of pyridine rings is 1. The zero-order chi connectivity index (χ0) is 12.5. The SMILES string of the molecule is N#Cc1ncccc1N1CC2CCCC(N)C2C1. The molecule has 2 heterocycles. The molecule has 2 N–H and O–H groups in total. The molecule has 1 saturated carbocycles. The Bertz CT molecular complexity index is 479. The molecule has 0 spiro atoms. The van der Waals surface area contributed by atoms with E-state index in [2.05, 4.69) is 16.0 Å². The lowest BCUT2D eigenvalue weighted by Gasteiger charge is -2.29. The van der Waals surface area contributed by atoms with Crippen molar-refractivity contribution in [3.8, 4) is 6.07 Å². The van der Waals surface area contributed by atoms with Gasteiger partial charge in [0, 0.05) is 25.3 Å². The molecular weight excluding hydrogens is 224 g/mol. The highest BCUT2D eigenvalue weighted by Crippen LogP contribution is 2.37. The van der Waals surface area contributed by atoms with Gasteiger partial charge in [0.2, 0.25) is 0 Å². The van der Waals surface area contributed by atoms with Crippen molar-refractivity contribution in [2.45, 2.75) is 25.3 Å². The predicted molar refractivity (Wildman–Crippen MR) is 70.0 cm³/mol. The summed E-state index contributed by atoms with van der Waals surface area (Å²) < 4.78 is 0. The number of nitriles is 1. The van der Waals surface area contributed by atoms with Gasteiger partial charge in [-0.1, -0.05) is 6.42 Å². The van der Waals surface area contributed by atoms with Crippen LogP contribution in [0.3, 0.4) is 0 Å². The molecule has 3 atom stereocenters. The van der Waals surface area contributed by atoms with Crippen LogP contribution in [0.5, 0.6) is 0 Å². The van der Waals surface area contributed by atoms with Crippen molar-refractivity contribution in [2.24, 2.45) is 17.6 Å². The van der Waals surface area contributed by atoms with E-state index in [9.17, 15) is 0 Å². The molecule has 1 aromatic heterocycles. The van der Waals surface area contributed by atoms with Gasteiger partial charge in [-0.05, 0) is 36.8 Å². The second-order valence-corrected chi connectivity index (χ2v) is 5.41. The van der Waals surface area contributed by atoms with Crippen LogP contribution in [0.1, 0.15) is 25.0 Å². The molecule has 1 aromatic rings. The van der Waals surface area contributed by atoms with Crippen molar-refractivity contribution in [3.05, 3.63) is 24.0 Å². The standard InChI is InChI=1S/C14H18N4/c15-7-13-14(5-2-6-17-13)18-8-10-3-1-4-12(16)11(10)9-18/h2,5-6,10-12H,1,3-4,8-9,16H2. The molecule has 1 saturated heterocycles. The topological polar surface area (TPSA) is 65.9 Å². The van der Waals surface area contributed by atoms with Crippen molar-refractivity contribution in [3.63, 3.8) is 0 Å². The van der Waals surface area contributed by atoms with Crippen LogP contribution < -0.4 is 10.6 Å². The van der Waals surface area contributed by atoms with E-state index < -0.39 is 0 Å². The summed E-state index contributed by atoms with van der Waals surface area (Å²) in [6, 6.07) is 6.41. The lowest BCUT2D eigenvalue weighted by atomic mass is 9.78. The highest BCUT2D eigenvalue weighted by atomic mass is 15.2. The number of nitrogens with zero attached hydrogens (tertiary/aromatic N) is 3. The first-order valence-electron chi connectivity index (χ1n) is 6.65. The van der Waals surface area contributed by atoms with Crippen LogP contribution in [0.15, 0.2) is 18.3 Å². The average molecular weight is 242 g/mol. The van der Waals surface area contributed by atoms with Gasteiger partial charge in [0.15, 0.2) is 5.69 Å². The van der Waals surface area contributed by atoms with Crippen LogP contribution >= 0.6 is 0 Å². The minimum atomic E-state index is 0.330. The summed E-state index contributed by atoms with van der Waals surface area (Å²) >= 11 is 0. The first-order valence-corrected chi connectivity index (χ1v) is 6.65. The van der Waals surface area contributed by atoms with Crippen LogP contribution in [-0.4, -0.2) is 24.1 Å². The minimum absolute atomic E-state index is 0.330. The lowest BCUT2D eigenvalue weighted by Crippen LogP contribution is -2.38. The molecule has 2 fully saturated rings. The van der Waals surface area contributed by atoms with Crippen LogP contribution in [0.25, 0.3) is 0 Å². The second-order valence-electron chi connectivity index (χ2n) is 5.41. The molecule has 0 amide bonds. The lowest BCUT2D eigenvalue weighted by molar-refractivity contribution is 0.260. The summed E-state index contributed by atoms with van der Waals surface area (Å²) in [5, 5.41) is 9.13. The number of nitrogens with two attached hydrogens (primary N) is 1. The predicted octanol–water partition coefficient (Wildman–Crippen LogP) is 1.52. The van der Waals surface area contributed by atoms with E-state index in [4.69, 9.17) is 11.0 Å². The van der Waals surface area contributed by atoms with Gasteiger partial charge in [0.25, 0.3) is 0 Å². The number of rotatable bonds is 1. The minimum Gasteiger partial charge on any atom is -0.369 e. The average Bonchev–Trinajstić information content (AvgIpc) is 2.84. The highest BCUT2D eigenvalue weighted by Gasteiger charge is 2.39. The fourth-order valence-corrected chi connectivity index (χ4v) is 3.45. The summed E-state index contributed by atoms with van der Waals surface area (Å²) in [6.45, 7) is 2.00. The van der Waals surface area contributed by atoms with Crippen molar-refractivity contribution in [2.75, 3.05) is 18.0 Å². The molecule has 4 heteroatoms. The third-order valence-electron chi connectivity index (χ3n) is 4.39. The van der Waals surface area contributed by atoms with E-state index in [-0.39, 0.29) is 0 Å². The zero-order valence-corrected chi connectivity index (χ0v) is 10.4. The van der Waals surface area contributed by atoms with E-state index in [1.165, 1.54) is 12.8 Å². The number of aromatic nitrogens is 1. The Balaban J connectivity index is 1.85. The third kappa shape index (κ3) is 1.85. The smallest absolute Gasteiger partial charge is 0.163 e. The molecule has 0 bridgehead atoms. The maximum atomic E-state index is 9.13. The van der Waals surface area contributed by atoms with Gasteiger partial charge < -0.3 is 10.6 Å². The zero-order valence-electron chi connectivity index (χ0n) is 10.4. The van der Waals surface area contributed by atoms with E-state index >= 15 is 0 Å². The maximum absolute atomic E-state index is 9.13. The number of hydrogen-bond acceptors (Lipinski definition) is 4. The van der Waals surface area contributed by atoms with Gasteiger partial charge in [0.1, 0.15) is 6.07 Å². The molecule has 18 heavy (non-hydrogen) atoms. The summed E-state index contributed by atoms with van der Waals surface area (Å²) in [4.78, 5) is 6.44. The Hall–Kier alpha value is -1.60. The van der Waals surface area contributed by atoms with Crippen LogP contribution in [0, 0.1) is 23.2 Å². The Morgan fingerprint density at radius 3 is 3.06 bits per heavy atom. The Kier molecular flexibility index (Phi) is 2.92. The Morgan fingerprint density at radius 2 is 2.28 bits per heavy atom.